The lowest BCUT2D eigenvalue weighted by molar-refractivity contribution is -0.118. The summed E-state index contributed by atoms with van der Waals surface area (Å²) < 4.78 is 11.3. The van der Waals surface area contributed by atoms with Gasteiger partial charge in [0, 0.05) is 42.7 Å². The van der Waals surface area contributed by atoms with Gasteiger partial charge in [-0.1, -0.05) is 12.1 Å². The molecule has 0 spiro atoms. The molecule has 2 N–H and O–H groups in total. The number of carbonyl (C=O) groups excluding carboxylic acids is 2. The molecule has 5 rings (SSSR count). The quantitative estimate of drug-likeness (QED) is 0.381. The summed E-state index contributed by atoms with van der Waals surface area (Å²) in [6.45, 7) is 9.28. The van der Waals surface area contributed by atoms with Crippen LogP contribution in [0.15, 0.2) is 48.7 Å². The number of likely N-dealkylation sites (tertiary alicyclic amines) is 1. The maximum atomic E-state index is 13.4. The fourth-order valence-electron chi connectivity index (χ4n) is 6.36. The number of amides is 2. The zero-order chi connectivity index (χ0) is 31.8. The van der Waals surface area contributed by atoms with Crippen LogP contribution in [0.3, 0.4) is 0 Å². The van der Waals surface area contributed by atoms with Crippen LogP contribution in [0.1, 0.15) is 57.3 Å². The first-order chi connectivity index (χ1) is 20.8. The first-order valence-electron chi connectivity index (χ1n) is 14.9. The predicted octanol–water partition coefficient (Wildman–Crippen LogP) is 5.12. The summed E-state index contributed by atoms with van der Waals surface area (Å²) in [6.07, 6.45) is 3.66. The van der Waals surface area contributed by atoms with Gasteiger partial charge in [-0.3, -0.25) is 14.5 Å². The van der Waals surface area contributed by atoms with E-state index in [2.05, 4.69) is 55.3 Å². The number of aromatic nitrogens is 2. The zero-order valence-electron chi connectivity index (χ0n) is 26.9. The molecule has 44 heavy (non-hydrogen) atoms. The number of hydrogen-bond acceptors (Lipinski definition) is 9. The number of benzene rings is 2. The lowest BCUT2D eigenvalue weighted by atomic mass is 9.77. The van der Waals surface area contributed by atoms with Crippen LogP contribution in [-0.4, -0.2) is 78.7 Å². The second-order valence-corrected chi connectivity index (χ2v) is 12.7. The summed E-state index contributed by atoms with van der Waals surface area (Å²) in [5, 5.41) is 6.50. The molecule has 0 aliphatic carbocycles. The number of methoxy groups -OCH3 is 2. The third-order valence-corrected chi connectivity index (χ3v) is 9.02. The highest BCUT2D eigenvalue weighted by Crippen LogP contribution is 2.40. The number of carbonyl (C=O) groups is 2. The Morgan fingerprint density at radius 1 is 0.955 bits per heavy atom. The van der Waals surface area contributed by atoms with Crippen LogP contribution in [0.4, 0.5) is 28.8 Å². The molecule has 234 valence electrons. The van der Waals surface area contributed by atoms with E-state index < -0.39 is 0 Å². The average molecular weight is 602 g/mol. The minimum Gasteiger partial charge on any atom is -0.495 e. The van der Waals surface area contributed by atoms with Gasteiger partial charge in [-0.15, -0.1) is 0 Å². The summed E-state index contributed by atoms with van der Waals surface area (Å²) in [4.78, 5) is 41.5. The second-order valence-electron chi connectivity index (χ2n) is 12.7. The summed E-state index contributed by atoms with van der Waals surface area (Å²) in [7, 11) is 7.05. The molecule has 1 aromatic heterocycles. The Hall–Kier alpha value is -4.38. The van der Waals surface area contributed by atoms with Crippen LogP contribution in [0.2, 0.25) is 0 Å². The number of nitrogens with one attached hydrogen (secondary N) is 2. The SMILES string of the molecule is COc1cc(C(=O)NC2CC(C)(C)N(C)C(C)(C)C2)ccc1Nc1ncc2c(n1)N(c1ccccc1OC)CCC(=O)N2C. The maximum absolute atomic E-state index is 13.4. The van der Waals surface area contributed by atoms with Gasteiger partial charge in [0.2, 0.25) is 11.9 Å². The van der Waals surface area contributed by atoms with Crippen molar-refractivity contribution in [3.05, 3.63) is 54.2 Å². The summed E-state index contributed by atoms with van der Waals surface area (Å²) in [6, 6.07) is 13.0. The molecule has 1 saturated heterocycles. The summed E-state index contributed by atoms with van der Waals surface area (Å²) >= 11 is 0. The Bertz CT molecular complexity index is 1540. The van der Waals surface area contributed by atoms with E-state index in [4.69, 9.17) is 14.5 Å². The predicted molar refractivity (Wildman–Crippen MR) is 173 cm³/mol. The monoisotopic (exact) mass is 601 g/mol. The van der Waals surface area contributed by atoms with Gasteiger partial charge in [0.1, 0.15) is 17.2 Å². The number of fused-ring (bicyclic) bond motifs is 1. The van der Waals surface area contributed by atoms with Crippen LogP contribution in [0.5, 0.6) is 11.5 Å². The fourth-order valence-corrected chi connectivity index (χ4v) is 6.36. The number of ether oxygens (including phenoxy) is 2. The minimum absolute atomic E-state index is 0.0316. The summed E-state index contributed by atoms with van der Waals surface area (Å²) in [5.74, 6) is 1.87. The number of nitrogens with zero attached hydrogens (tertiary/aromatic N) is 5. The Labute approximate surface area is 259 Å². The van der Waals surface area contributed by atoms with E-state index in [1.807, 2.05) is 29.2 Å². The van der Waals surface area contributed by atoms with Crippen LogP contribution >= 0.6 is 0 Å². The topological polar surface area (TPSA) is 112 Å². The fraction of sp³-hybridized carbons (Fsp3) is 0.455. The molecule has 2 aliphatic rings. The van der Waals surface area contributed by atoms with Crippen molar-refractivity contribution in [2.45, 2.75) is 64.1 Å². The van der Waals surface area contributed by atoms with Gasteiger partial charge in [0.25, 0.3) is 5.91 Å². The van der Waals surface area contributed by atoms with E-state index in [0.29, 0.717) is 53.2 Å². The Morgan fingerprint density at radius 3 is 2.32 bits per heavy atom. The number of anilines is 5. The third-order valence-electron chi connectivity index (χ3n) is 9.02. The number of hydrogen-bond donors (Lipinski definition) is 2. The molecule has 0 atom stereocenters. The zero-order valence-corrected chi connectivity index (χ0v) is 26.9. The third kappa shape index (κ3) is 6.01. The maximum Gasteiger partial charge on any atom is 0.251 e. The molecule has 3 aromatic rings. The highest BCUT2D eigenvalue weighted by atomic mass is 16.5. The first kappa shape index (κ1) is 31.1. The van der Waals surface area contributed by atoms with E-state index in [1.54, 1.807) is 50.6 Å². The van der Waals surface area contributed by atoms with E-state index in [0.717, 1.165) is 18.5 Å². The van der Waals surface area contributed by atoms with E-state index >= 15 is 0 Å². The van der Waals surface area contributed by atoms with Crippen molar-refractivity contribution in [3.8, 4) is 11.5 Å². The molecule has 11 nitrogen and oxygen atoms in total. The molecule has 2 aromatic carbocycles. The Morgan fingerprint density at radius 2 is 1.64 bits per heavy atom. The molecule has 2 amide bonds. The number of rotatable bonds is 7. The second kappa shape index (κ2) is 12.0. The van der Waals surface area contributed by atoms with Crippen molar-refractivity contribution in [2.24, 2.45) is 0 Å². The molecule has 2 aliphatic heterocycles. The van der Waals surface area contributed by atoms with Gasteiger partial charge in [-0.2, -0.15) is 4.98 Å². The van der Waals surface area contributed by atoms with Crippen molar-refractivity contribution in [1.82, 2.24) is 20.2 Å². The van der Waals surface area contributed by atoms with Gasteiger partial charge in [0.15, 0.2) is 5.82 Å². The van der Waals surface area contributed by atoms with Crippen molar-refractivity contribution in [1.29, 1.82) is 0 Å². The van der Waals surface area contributed by atoms with Crippen molar-refractivity contribution in [2.75, 3.05) is 50.0 Å². The highest BCUT2D eigenvalue weighted by Gasteiger charge is 2.43. The Balaban J connectivity index is 1.40. The number of para-hydroxylation sites is 2. The average Bonchev–Trinajstić information content (AvgIpc) is 3.11. The Kier molecular flexibility index (Phi) is 8.44. The van der Waals surface area contributed by atoms with Crippen LogP contribution in [-0.2, 0) is 4.79 Å². The van der Waals surface area contributed by atoms with Crippen LogP contribution in [0, 0.1) is 0 Å². The van der Waals surface area contributed by atoms with Crippen molar-refractivity contribution in [3.63, 3.8) is 0 Å². The molecule has 0 unspecified atom stereocenters. The summed E-state index contributed by atoms with van der Waals surface area (Å²) in [5.41, 5.74) is 2.42. The van der Waals surface area contributed by atoms with E-state index in [-0.39, 0.29) is 28.9 Å². The minimum atomic E-state index is -0.141. The number of piperidine rings is 1. The highest BCUT2D eigenvalue weighted by molar-refractivity contribution is 5.99. The standard InChI is InChI=1S/C33H43N7O4/c1-32(2)18-22(19-33(3,4)39(32)6)35-30(42)21-13-14-23(27(17-21)44-8)36-31-34-20-25-29(37-31)40(16-15-28(41)38(25)5)24-11-9-10-12-26(24)43-7/h9-14,17,20,22H,15-16,18-19H2,1-8H3,(H,35,42)(H,34,36,37). The molecule has 3 heterocycles. The molecule has 1 fully saturated rings. The molecule has 0 saturated carbocycles. The normalized spacial score (nSPS) is 18.3. The molecular weight excluding hydrogens is 558 g/mol. The molecular formula is C33H43N7O4. The van der Waals surface area contributed by atoms with Crippen LogP contribution < -0.4 is 29.9 Å². The van der Waals surface area contributed by atoms with Gasteiger partial charge >= 0.3 is 0 Å². The smallest absolute Gasteiger partial charge is 0.251 e. The van der Waals surface area contributed by atoms with Crippen molar-refractivity contribution >= 4 is 40.6 Å². The lowest BCUT2D eigenvalue weighted by Crippen LogP contribution is -2.62. The lowest BCUT2D eigenvalue weighted by Gasteiger charge is -2.53. The first-order valence-corrected chi connectivity index (χ1v) is 14.9. The van der Waals surface area contributed by atoms with E-state index in [9.17, 15) is 9.59 Å². The molecule has 0 radical (unpaired) electrons. The van der Waals surface area contributed by atoms with E-state index in [1.165, 1.54) is 0 Å². The van der Waals surface area contributed by atoms with Gasteiger partial charge in [-0.25, -0.2) is 4.98 Å². The molecule has 11 heteroatoms. The molecule has 0 bridgehead atoms. The van der Waals surface area contributed by atoms with Gasteiger partial charge in [0.05, 0.1) is 31.8 Å². The van der Waals surface area contributed by atoms with Gasteiger partial charge in [-0.05, 0) is 77.9 Å². The van der Waals surface area contributed by atoms with Crippen LogP contribution in [0.25, 0.3) is 0 Å². The van der Waals surface area contributed by atoms with Crippen molar-refractivity contribution < 1.29 is 19.1 Å². The van der Waals surface area contributed by atoms with Gasteiger partial charge < -0.3 is 29.9 Å². The largest absolute Gasteiger partial charge is 0.495 e.